The van der Waals surface area contributed by atoms with Gasteiger partial charge in [0, 0.05) is 36.8 Å². The van der Waals surface area contributed by atoms with E-state index in [2.05, 4.69) is 32.1 Å². The van der Waals surface area contributed by atoms with Gasteiger partial charge in [0.15, 0.2) is 0 Å². The number of morpholine rings is 1. The molecular weight excluding hydrogens is 298 g/mol. The number of hydrogen-bond acceptors (Lipinski definition) is 7. The highest BCUT2D eigenvalue weighted by molar-refractivity contribution is 7.09. The van der Waals surface area contributed by atoms with Crippen LogP contribution in [0.15, 0.2) is 11.6 Å². The first-order valence-electron chi connectivity index (χ1n) is 7.41. The number of anilines is 1. The topological polar surface area (TPSA) is 63.2 Å². The van der Waals surface area contributed by atoms with E-state index < -0.39 is 0 Å². The van der Waals surface area contributed by atoms with Crippen molar-refractivity contribution < 1.29 is 4.74 Å². The third-order valence-electron chi connectivity index (χ3n) is 3.86. The Morgan fingerprint density at radius 2 is 2.27 bits per heavy atom. The normalized spacial score (nSPS) is 19.3. The first-order chi connectivity index (χ1) is 10.7. The van der Waals surface area contributed by atoms with Gasteiger partial charge in [0.1, 0.15) is 11.6 Å². The Morgan fingerprint density at radius 3 is 3.00 bits per heavy atom. The molecule has 1 fully saturated rings. The minimum Gasteiger partial charge on any atom is -0.378 e. The van der Waals surface area contributed by atoms with Crippen LogP contribution in [0.5, 0.6) is 0 Å². The van der Waals surface area contributed by atoms with Gasteiger partial charge in [0.2, 0.25) is 0 Å². The zero-order valence-corrected chi connectivity index (χ0v) is 14.0. The van der Waals surface area contributed by atoms with Crippen molar-refractivity contribution in [1.82, 2.24) is 19.9 Å². The Bertz CT molecular complexity index is 645. The minimum atomic E-state index is 0.0854. The first kappa shape index (κ1) is 15.3. The smallest absolute Gasteiger partial charge is 0.150 e. The lowest BCUT2D eigenvalue weighted by Crippen LogP contribution is -2.40. The first-order valence-corrected chi connectivity index (χ1v) is 8.29. The van der Waals surface area contributed by atoms with E-state index in [4.69, 9.17) is 4.74 Å². The molecule has 2 aromatic heterocycles. The summed E-state index contributed by atoms with van der Waals surface area (Å²) < 4.78 is 5.68. The number of aromatic nitrogens is 3. The third kappa shape index (κ3) is 3.26. The van der Waals surface area contributed by atoms with Gasteiger partial charge in [0.25, 0.3) is 0 Å². The minimum absolute atomic E-state index is 0.0854. The van der Waals surface area contributed by atoms with Crippen LogP contribution in [-0.4, -0.2) is 46.7 Å². The molecule has 1 atom stereocenters. The van der Waals surface area contributed by atoms with Gasteiger partial charge in [-0.25, -0.2) is 15.0 Å². The molecule has 6 nitrogen and oxygen atoms in total. The molecule has 2 aromatic rings. The van der Waals surface area contributed by atoms with Gasteiger partial charge in [-0.1, -0.05) is 0 Å². The maximum atomic E-state index is 5.68. The highest BCUT2D eigenvalue weighted by atomic mass is 32.1. The average molecular weight is 319 g/mol. The highest BCUT2D eigenvalue weighted by Crippen LogP contribution is 2.26. The summed E-state index contributed by atoms with van der Waals surface area (Å²) in [6, 6.07) is 2.03. The molecule has 0 unspecified atom stereocenters. The molecule has 1 saturated heterocycles. The second-order valence-corrected chi connectivity index (χ2v) is 6.36. The number of ether oxygens (including phenoxy) is 1. The molecule has 0 amide bonds. The van der Waals surface area contributed by atoms with E-state index in [0.717, 1.165) is 42.7 Å². The fourth-order valence-electron chi connectivity index (χ4n) is 2.60. The van der Waals surface area contributed by atoms with Gasteiger partial charge >= 0.3 is 0 Å². The number of nitrogens with zero attached hydrogens (tertiary/aromatic N) is 4. The lowest BCUT2D eigenvalue weighted by molar-refractivity contribution is -0.0155. The van der Waals surface area contributed by atoms with Crippen molar-refractivity contribution in [1.29, 1.82) is 0 Å². The molecule has 118 valence electrons. The van der Waals surface area contributed by atoms with Crippen LogP contribution >= 0.6 is 11.3 Å². The van der Waals surface area contributed by atoms with Gasteiger partial charge in [-0.3, -0.25) is 4.90 Å². The quantitative estimate of drug-likeness (QED) is 0.932. The molecule has 7 heteroatoms. The maximum Gasteiger partial charge on any atom is 0.150 e. The average Bonchev–Trinajstić information content (AvgIpc) is 2.92. The second-order valence-electron chi connectivity index (χ2n) is 5.42. The van der Waals surface area contributed by atoms with Crippen LogP contribution in [0.3, 0.4) is 0 Å². The van der Waals surface area contributed by atoms with E-state index in [9.17, 15) is 0 Å². The SMILES string of the molecule is CNc1cc(C)nc([C@H]2COCCN2Cc2scnc2C)n1. The molecule has 1 N–H and O–H groups in total. The van der Waals surface area contributed by atoms with Gasteiger partial charge in [0.05, 0.1) is 30.5 Å². The van der Waals surface area contributed by atoms with E-state index in [-0.39, 0.29) is 6.04 Å². The zero-order valence-electron chi connectivity index (χ0n) is 13.2. The summed E-state index contributed by atoms with van der Waals surface area (Å²) in [6.07, 6.45) is 0. The molecule has 1 aliphatic rings. The van der Waals surface area contributed by atoms with Crippen molar-refractivity contribution in [3.8, 4) is 0 Å². The highest BCUT2D eigenvalue weighted by Gasteiger charge is 2.28. The number of aryl methyl sites for hydroxylation is 2. The van der Waals surface area contributed by atoms with E-state index in [1.54, 1.807) is 11.3 Å². The number of hydrogen-bond donors (Lipinski definition) is 1. The Hall–Kier alpha value is -1.57. The lowest BCUT2D eigenvalue weighted by atomic mass is 10.2. The van der Waals surface area contributed by atoms with Gasteiger partial charge in [-0.05, 0) is 13.8 Å². The monoisotopic (exact) mass is 319 g/mol. The van der Waals surface area contributed by atoms with Crippen LogP contribution < -0.4 is 5.32 Å². The summed E-state index contributed by atoms with van der Waals surface area (Å²) in [5, 5.41) is 3.10. The summed E-state index contributed by atoms with van der Waals surface area (Å²) in [6.45, 7) is 7.19. The fraction of sp³-hybridized carbons (Fsp3) is 0.533. The molecule has 22 heavy (non-hydrogen) atoms. The van der Waals surface area contributed by atoms with E-state index in [1.807, 2.05) is 25.5 Å². The van der Waals surface area contributed by atoms with Gasteiger partial charge in [-0.15, -0.1) is 11.3 Å². The molecule has 0 aromatic carbocycles. The van der Waals surface area contributed by atoms with E-state index in [0.29, 0.717) is 6.61 Å². The molecule has 0 saturated carbocycles. The third-order valence-corrected chi connectivity index (χ3v) is 4.78. The Kier molecular flexibility index (Phi) is 4.66. The maximum absolute atomic E-state index is 5.68. The van der Waals surface area contributed by atoms with Gasteiger partial charge < -0.3 is 10.1 Å². The van der Waals surface area contributed by atoms with Gasteiger partial charge in [-0.2, -0.15) is 0 Å². The van der Waals surface area contributed by atoms with Crippen molar-refractivity contribution in [2.24, 2.45) is 0 Å². The van der Waals surface area contributed by atoms with E-state index >= 15 is 0 Å². The second kappa shape index (κ2) is 6.68. The molecule has 1 aliphatic heterocycles. The predicted molar refractivity (Wildman–Crippen MR) is 87.1 cm³/mol. The van der Waals surface area contributed by atoms with Crippen LogP contribution in [0.1, 0.15) is 28.1 Å². The van der Waals surface area contributed by atoms with Crippen LogP contribution in [0.4, 0.5) is 5.82 Å². The van der Waals surface area contributed by atoms with Crippen molar-refractivity contribution in [3.63, 3.8) is 0 Å². The van der Waals surface area contributed by atoms with Crippen molar-refractivity contribution in [2.45, 2.75) is 26.4 Å². The Morgan fingerprint density at radius 1 is 1.41 bits per heavy atom. The molecular formula is C15H21N5OS. The number of thiazole rings is 1. The van der Waals surface area contributed by atoms with Crippen molar-refractivity contribution >= 4 is 17.2 Å². The summed E-state index contributed by atoms with van der Waals surface area (Å²) in [7, 11) is 1.88. The Labute approximate surface area is 134 Å². The van der Waals surface area contributed by atoms with Crippen LogP contribution in [0, 0.1) is 13.8 Å². The molecule has 0 radical (unpaired) electrons. The molecule has 0 aliphatic carbocycles. The van der Waals surface area contributed by atoms with Crippen LogP contribution in [0.2, 0.25) is 0 Å². The summed E-state index contributed by atoms with van der Waals surface area (Å²) in [4.78, 5) is 17.3. The summed E-state index contributed by atoms with van der Waals surface area (Å²) in [5.41, 5.74) is 3.98. The van der Waals surface area contributed by atoms with Crippen molar-refractivity contribution in [3.05, 3.63) is 33.7 Å². The predicted octanol–water partition coefficient (Wildman–Crippen LogP) is 2.17. The van der Waals surface area contributed by atoms with Crippen molar-refractivity contribution in [2.75, 3.05) is 32.1 Å². The zero-order chi connectivity index (χ0) is 15.5. The summed E-state index contributed by atoms with van der Waals surface area (Å²) in [5.74, 6) is 1.67. The lowest BCUT2D eigenvalue weighted by Gasteiger charge is -2.34. The Balaban J connectivity index is 1.86. The summed E-state index contributed by atoms with van der Waals surface area (Å²) >= 11 is 1.70. The molecule has 0 bridgehead atoms. The van der Waals surface area contributed by atoms with E-state index in [1.165, 1.54) is 4.88 Å². The molecule has 3 heterocycles. The number of nitrogens with one attached hydrogen (secondary N) is 1. The standard InChI is InChI=1S/C15H21N5OS/c1-10-6-14(16-3)19-15(18-10)12-8-21-5-4-20(12)7-13-11(2)17-9-22-13/h6,9,12H,4-5,7-8H2,1-3H3,(H,16,18,19)/t12-/m1/s1. The fourth-order valence-corrected chi connectivity index (χ4v) is 3.40. The van der Waals surface area contributed by atoms with Crippen LogP contribution in [0.25, 0.3) is 0 Å². The van der Waals surface area contributed by atoms with Crippen LogP contribution in [-0.2, 0) is 11.3 Å². The molecule has 3 rings (SSSR count). The largest absolute Gasteiger partial charge is 0.378 e. The number of rotatable bonds is 4. The molecule has 0 spiro atoms.